The van der Waals surface area contributed by atoms with Crippen LogP contribution in [-0.4, -0.2) is 41.0 Å². The number of halogens is 2. The summed E-state index contributed by atoms with van der Waals surface area (Å²) in [5.41, 5.74) is 5.80. The van der Waals surface area contributed by atoms with E-state index in [-0.39, 0.29) is 37.3 Å². The van der Waals surface area contributed by atoms with Crippen molar-refractivity contribution in [1.82, 2.24) is 15.3 Å². The maximum atomic E-state index is 16.3. The number of carbonyl (C=O) groups excluding carboxylic acids is 2. The molecule has 2 aromatic heterocycles. The van der Waals surface area contributed by atoms with Gasteiger partial charge in [0.1, 0.15) is 28.5 Å². The van der Waals surface area contributed by atoms with E-state index in [9.17, 15) is 14.0 Å². The van der Waals surface area contributed by atoms with Crippen LogP contribution in [0.5, 0.6) is 11.5 Å². The molecule has 0 spiro atoms. The zero-order valence-corrected chi connectivity index (χ0v) is 22.3. The Labute approximate surface area is 234 Å². The molecule has 8 nitrogen and oxygen atoms in total. The van der Waals surface area contributed by atoms with Crippen LogP contribution in [0, 0.1) is 5.82 Å². The first kappa shape index (κ1) is 26.6. The summed E-state index contributed by atoms with van der Waals surface area (Å²) in [6.07, 6.45) is 3.69. The van der Waals surface area contributed by atoms with Crippen LogP contribution >= 0.6 is 0 Å². The monoisotopic (exact) mass is 558 g/mol. The molecule has 1 fully saturated rings. The number of nitrogens with zero attached hydrogens (tertiary/aromatic N) is 2. The maximum absolute atomic E-state index is 16.3. The van der Waals surface area contributed by atoms with Gasteiger partial charge in [-0.25, -0.2) is 13.8 Å². The number of pyridine rings is 2. The lowest BCUT2D eigenvalue weighted by atomic mass is 9.92. The van der Waals surface area contributed by atoms with Gasteiger partial charge in [0.15, 0.2) is 5.67 Å². The number of hydrogen-bond donors (Lipinski definition) is 2. The average molecular weight is 559 g/mol. The zero-order valence-electron chi connectivity index (χ0n) is 22.3. The summed E-state index contributed by atoms with van der Waals surface area (Å²) in [4.78, 5) is 33.9. The lowest BCUT2D eigenvalue weighted by molar-refractivity contribution is -0.118. The fraction of sp³-hybridized carbons (Fsp3) is 0.290. The van der Waals surface area contributed by atoms with Gasteiger partial charge in [0.2, 0.25) is 5.91 Å². The number of aromatic nitrogens is 2. The summed E-state index contributed by atoms with van der Waals surface area (Å²) in [5, 5.41) is 3.43. The number of alkyl halides is 1. The van der Waals surface area contributed by atoms with Crippen molar-refractivity contribution in [1.29, 1.82) is 0 Å². The predicted molar refractivity (Wildman–Crippen MR) is 148 cm³/mol. The van der Waals surface area contributed by atoms with Crippen molar-refractivity contribution in [3.05, 3.63) is 83.4 Å². The Balaban J connectivity index is 1.30. The van der Waals surface area contributed by atoms with Crippen LogP contribution in [0.2, 0.25) is 0 Å². The number of nitrogens with one attached hydrogen (secondary N) is 1. The van der Waals surface area contributed by atoms with Crippen LogP contribution in [0.25, 0.3) is 22.2 Å². The molecule has 0 saturated heterocycles. The second-order valence-corrected chi connectivity index (χ2v) is 10.7. The van der Waals surface area contributed by atoms with Gasteiger partial charge in [-0.2, -0.15) is 0 Å². The quantitative estimate of drug-likeness (QED) is 0.301. The molecule has 41 heavy (non-hydrogen) atoms. The maximum Gasteiger partial charge on any atom is 0.251 e. The Bertz CT molecular complexity index is 1650. The SMILES string of the molecule is C[C@@](F)(CNC(=O)c1cc(OC2CC2)c2ncccc2c1)c1cc2c(c(-c3ccc(F)cc3)n1)OC[C@H]2CC(N)=O. The normalized spacial score (nSPS) is 17.4. The number of hydrogen-bond acceptors (Lipinski definition) is 6. The third-order valence-electron chi connectivity index (χ3n) is 7.30. The summed E-state index contributed by atoms with van der Waals surface area (Å²) >= 11 is 0. The van der Waals surface area contributed by atoms with E-state index in [2.05, 4.69) is 15.3 Å². The highest BCUT2D eigenvalue weighted by atomic mass is 19.1. The predicted octanol–water partition coefficient (Wildman–Crippen LogP) is 4.94. The number of ether oxygens (including phenoxy) is 2. The minimum atomic E-state index is -2.11. The molecule has 3 heterocycles. The number of primary amides is 1. The van der Waals surface area contributed by atoms with Crippen molar-refractivity contribution < 1.29 is 27.8 Å². The average Bonchev–Trinajstić information content (AvgIpc) is 3.69. The summed E-state index contributed by atoms with van der Waals surface area (Å²) in [6.45, 7) is 1.12. The molecular weight excluding hydrogens is 530 g/mol. The largest absolute Gasteiger partial charge is 0.490 e. The molecule has 2 aromatic carbocycles. The van der Waals surface area contributed by atoms with E-state index >= 15 is 4.39 Å². The summed E-state index contributed by atoms with van der Waals surface area (Å²) in [6, 6.07) is 14.1. The second kappa shape index (κ2) is 10.4. The third kappa shape index (κ3) is 5.54. The number of amides is 2. The van der Waals surface area contributed by atoms with Crippen molar-refractivity contribution in [2.45, 2.75) is 43.9 Å². The number of fused-ring (bicyclic) bond motifs is 2. The van der Waals surface area contributed by atoms with Crippen molar-refractivity contribution in [3.63, 3.8) is 0 Å². The van der Waals surface area contributed by atoms with Crippen LogP contribution in [0.1, 0.15) is 53.7 Å². The Morgan fingerprint density at radius 1 is 1.17 bits per heavy atom. The van der Waals surface area contributed by atoms with Gasteiger partial charge in [-0.3, -0.25) is 14.6 Å². The number of carbonyl (C=O) groups is 2. The molecule has 6 rings (SSSR count). The standard InChI is InChI=1S/C31H28F2N4O4/c1-31(33,16-36-30(39)19-11-18-3-2-10-35-27(18)24(12-19)41-22-8-9-22)25-14-23-20(13-26(34)38)15-40-29(23)28(37-25)17-4-6-21(32)7-5-17/h2-7,10-12,14,20,22H,8-9,13,15-16H2,1H3,(H2,34,38)(H,36,39)/t20-,31-/m1/s1. The number of nitrogens with two attached hydrogens (primary N) is 1. The molecule has 1 aliphatic heterocycles. The molecular formula is C31H28F2N4O4. The smallest absolute Gasteiger partial charge is 0.251 e. The lowest BCUT2D eigenvalue weighted by Gasteiger charge is -2.23. The molecule has 2 amide bonds. The highest BCUT2D eigenvalue weighted by molar-refractivity contribution is 6.00. The van der Waals surface area contributed by atoms with Crippen LogP contribution in [0.3, 0.4) is 0 Å². The van der Waals surface area contributed by atoms with E-state index in [0.29, 0.717) is 39.4 Å². The van der Waals surface area contributed by atoms with Crippen molar-refractivity contribution in [2.75, 3.05) is 13.2 Å². The summed E-state index contributed by atoms with van der Waals surface area (Å²) < 4.78 is 41.8. The van der Waals surface area contributed by atoms with Gasteiger partial charge in [-0.05, 0) is 68.3 Å². The zero-order chi connectivity index (χ0) is 28.7. The number of benzene rings is 2. The van der Waals surface area contributed by atoms with Crippen molar-refractivity contribution >= 4 is 22.7 Å². The van der Waals surface area contributed by atoms with E-state index in [1.54, 1.807) is 30.5 Å². The fourth-order valence-electron chi connectivity index (χ4n) is 4.95. The summed E-state index contributed by atoms with van der Waals surface area (Å²) in [7, 11) is 0. The molecule has 0 unspecified atom stereocenters. The van der Waals surface area contributed by atoms with Gasteiger partial charge < -0.3 is 20.5 Å². The topological polar surface area (TPSA) is 116 Å². The van der Waals surface area contributed by atoms with Crippen LogP contribution < -0.4 is 20.5 Å². The van der Waals surface area contributed by atoms with Crippen molar-refractivity contribution in [3.8, 4) is 22.8 Å². The highest BCUT2D eigenvalue weighted by Crippen LogP contribution is 2.44. The minimum absolute atomic E-state index is 0.0150. The molecule has 1 saturated carbocycles. The molecule has 2 atom stereocenters. The van der Waals surface area contributed by atoms with Gasteiger partial charge in [-0.1, -0.05) is 6.07 Å². The first-order chi connectivity index (χ1) is 19.7. The van der Waals surface area contributed by atoms with E-state index in [1.807, 2.05) is 6.07 Å². The molecule has 0 radical (unpaired) electrons. The van der Waals surface area contributed by atoms with Gasteiger partial charge in [0, 0.05) is 40.6 Å². The molecule has 10 heteroatoms. The van der Waals surface area contributed by atoms with E-state index in [0.717, 1.165) is 18.2 Å². The van der Waals surface area contributed by atoms with E-state index in [1.165, 1.54) is 31.2 Å². The molecule has 1 aliphatic carbocycles. The molecule has 4 aromatic rings. The molecule has 3 N–H and O–H groups in total. The van der Waals surface area contributed by atoms with Gasteiger partial charge in [0.25, 0.3) is 5.91 Å². The first-order valence-electron chi connectivity index (χ1n) is 13.4. The minimum Gasteiger partial charge on any atom is -0.490 e. The van der Waals surface area contributed by atoms with E-state index < -0.39 is 23.3 Å². The van der Waals surface area contributed by atoms with Crippen LogP contribution in [-0.2, 0) is 10.5 Å². The van der Waals surface area contributed by atoms with Crippen molar-refractivity contribution in [2.24, 2.45) is 5.73 Å². The lowest BCUT2D eigenvalue weighted by Crippen LogP contribution is -2.36. The summed E-state index contributed by atoms with van der Waals surface area (Å²) in [5.74, 6) is -0.885. The third-order valence-corrected chi connectivity index (χ3v) is 7.30. The Kier molecular flexibility index (Phi) is 6.76. The van der Waals surface area contributed by atoms with Gasteiger partial charge in [0.05, 0.1) is 24.9 Å². The molecule has 210 valence electrons. The first-order valence-corrected chi connectivity index (χ1v) is 13.4. The second-order valence-electron chi connectivity index (χ2n) is 10.7. The molecule has 0 bridgehead atoms. The Morgan fingerprint density at radius 2 is 1.95 bits per heavy atom. The Morgan fingerprint density at radius 3 is 2.68 bits per heavy atom. The molecule has 2 aliphatic rings. The van der Waals surface area contributed by atoms with Crippen LogP contribution in [0.4, 0.5) is 8.78 Å². The van der Waals surface area contributed by atoms with Crippen LogP contribution in [0.15, 0.2) is 60.8 Å². The number of rotatable bonds is 9. The fourth-order valence-corrected chi connectivity index (χ4v) is 4.95. The van der Waals surface area contributed by atoms with Gasteiger partial charge in [-0.15, -0.1) is 0 Å². The highest BCUT2D eigenvalue weighted by Gasteiger charge is 2.36. The Hall–Kier alpha value is -4.60. The van der Waals surface area contributed by atoms with Gasteiger partial charge >= 0.3 is 0 Å². The van der Waals surface area contributed by atoms with E-state index in [4.69, 9.17) is 15.2 Å².